The molecule has 1 fully saturated rings. The Bertz CT molecular complexity index is 403. The molecule has 0 unspecified atom stereocenters. The highest BCUT2D eigenvalue weighted by Gasteiger charge is 2.18. The van der Waals surface area contributed by atoms with Crippen LogP contribution in [0.1, 0.15) is 25.3 Å². The summed E-state index contributed by atoms with van der Waals surface area (Å²) >= 11 is 5.94. The Kier molecular flexibility index (Phi) is 5.49. The Morgan fingerprint density at radius 3 is 2.74 bits per heavy atom. The predicted molar refractivity (Wildman–Crippen MR) is 79.7 cm³/mol. The van der Waals surface area contributed by atoms with E-state index in [-0.39, 0.29) is 5.75 Å². The van der Waals surface area contributed by atoms with Gasteiger partial charge in [-0.1, -0.05) is 24.6 Å². The van der Waals surface area contributed by atoms with Gasteiger partial charge in [0, 0.05) is 6.54 Å². The molecule has 1 aromatic rings. The monoisotopic (exact) mass is 282 g/mol. The number of aromatic hydroxyl groups is 1. The molecule has 2 N–H and O–H groups in total. The smallest absolute Gasteiger partial charge is 0.134 e. The Balaban J connectivity index is 1.80. The number of likely N-dealkylation sites (tertiary alicyclic amines) is 1. The van der Waals surface area contributed by atoms with Crippen LogP contribution in [0.2, 0.25) is 5.02 Å². The van der Waals surface area contributed by atoms with Crippen molar-refractivity contribution in [3.05, 3.63) is 28.8 Å². The second kappa shape index (κ2) is 7.13. The number of hydrogen-bond acceptors (Lipinski definition) is 3. The molecule has 0 saturated carbocycles. The third kappa shape index (κ3) is 4.37. The number of nitrogens with zero attached hydrogens (tertiary/aromatic N) is 1. The molecule has 19 heavy (non-hydrogen) atoms. The second-order valence-corrected chi connectivity index (χ2v) is 5.72. The summed E-state index contributed by atoms with van der Waals surface area (Å²) in [6, 6.07) is 5.49. The normalized spacial score (nSPS) is 17.8. The molecular formula is C15H23ClN2O. The van der Waals surface area contributed by atoms with Gasteiger partial charge in [-0.15, -0.1) is 0 Å². The highest BCUT2D eigenvalue weighted by atomic mass is 35.5. The van der Waals surface area contributed by atoms with E-state index in [9.17, 15) is 5.11 Å². The van der Waals surface area contributed by atoms with Gasteiger partial charge in [0.1, 0.15) is 5.75 Å². The molecule has 0 aliphatic carbocycles. The highest BCUT2D eigenvalue weighted by Crippen LogP contribution is 2.25. The van der Waals surface area contributed by atoms with E-state index in [0.717, 1.165) is 38.6 Å². The van der Waals surface area contributed by atoms with Crippen molar-refractivity contribution in [2.75, 3.05) is 26.2 Å². The number of hydrogen-bond donors (Lipinski definition) is 2. The van der Waals surface area contributed by atoms with Gasteiger partial charge in [0.15, 0.2) is 0 Å². The molecule has 0 radical (unpaired) electrons. The molecule has 1 aliphatic heterocycles. The fourth-order valence-electron chi connectivity index (χ4n) is 2.60. The molecule has 0 spiro atoms. The van der Waals surface area contributed by atoms with Crippen molar-refractivity contribution < 1.29 is 5.11 Å². The van der Waals surface area contributed by atoms with E-state index in [2.05, 4.69) is 17.1 Å². The van der Waals surface area contributed by atoms with Crippen molar-refractivity contribution >= 4 is 11.6 Å². The van der Waals surface area contributed by atoms with Crippen molar-refractivity contribution in [2.45, 2.75) is 26.3 Å². The minimum Gasteiger partial charge on any atom is -0.506 e. The third-order valence-corrected chi connectivity index (χ3v) is 4.11. The van der Waals surface area contributed by atoms with Crippen molar-refractivity contribution in [1.29, 1.82) is 0 Å². The zero-order valence-electron chi connectivity index (χ0n) is 11.5. The quantitative estimate of drug-likeness (QED) is 0.872. The second-order valence-electron chi connectivity index (χ2n) is 5.31. The van der Waals surface area contributed by atoms with Crippen LogP contribution in [0.5, 0.6) is 5.75 Å². The van der Waals surface area contributed by atoms with Crippen LogP contribution < -0.4 is 5.32 Å². The van der Waals surface area contributed by atoms with E-state index >= 15 is 0 Å². The zero-order valence-corrected chi connectivity index (χ0v) is 12.3. The van der Waals surface area contributed by atoms with Crippen molar-refractivity contribution in [2.24, 2.45) is 5.92 Å². The van der Waals surface area contributed by atoms with Gasteiger partial charge in [-0.05, 0) is 62.6 Å². The van der Waals surface area contributed by atoms with Gasteiger partial charge in [-0.2, -0.15) is 0 Å². The van der Waals surface area contributed by atoms with Gasteiger partial charge >= 0.3 is 0 Å². The third-order valence-electron chi connectivity index (χ3n) is 3.81. The number of phenolic OH excluding ortho intramolecular Hbond substituents is 1. The minimum absolute atomic E-state index is 0.162. The zero-order chi connectivity index (χ0) is 13.7. The summed E-state index contributed by atoms with van der Waals surface area (Å²) < 4.78 is 0. The van der Waals surface area contributed by atoms with E-state index in [4.69, 9.17) is 11.6 Å². The number of piperidine rings is 1. The molecular weight excluding hydrogens is 260 g/mol. The summed E-state index contributed by atoms with van der Waals surface area (Å²) in [5.74, 6) is 0.981. The summed E-state index contributed by atoms with van der Waals surface area (Å²) in [6.07, 6.45) is 2.53. The number of rotatable bonds is 5. The maximum atomic E-state index is 9.41. The first-order valence-electron chi connectivity index (χ1n) is 7.09. The van der Waals surface area contributed by atoms with Gasteiger partial charge in [-0.3, -0.25) is 4.90 Å². The first kappa shape index (κ1) is 14.6. The van der Waals surface area contributed by atoms with Gasteiger partial charge in [0.2, 0.25) is 0 Å². The molecule has 1 aliphatic rings. The average Bonchev–Trinajstić information content (AvgIpc) is 2.42. The largest absolute Gasteiger partial charge is 0.506 e. The molecule has 3 nitrogen and oxygen atoms in total. The maximum absolute atomic E-state index is 9.41. The first-order chi connectivity index (χ1) is 9.19. The lowest BCUT2D eigenvalue weighted by atomic mass is 9.96. The molecule has 106 valence electrons. The SMILES string of the molecule is CCNCC1CCN(Cc2ccc(O)c(Cl)c2)CC1. The van der Waals surface area contributed by atoms with E-state index in [1.54, 1.807) is 6.07 Å². The van der Waals surface area contributed by atoms with Crippen LogP contribution in [-0.4, -0.2) is 36.2 Å². The first-order valence-corrected chi connectivity index (χ1v) is 7.47. The number of halogens is 1. The van der Waals surface area contributed by atoms with Crippen molar-refractivity contribution in [3.8, 4) is 5.75 Å². The van der Waals surface area contributed by atoms with Crippen LogP contribution in [-0.2, 0) is 6.54 Å². The van der Waals surface area contributed by atoms with Crippen LogP contribution in [0.15, 0.2) is 18.2 Å². The van der Waals surface area contributed by atoms with Crippen LogP contribution in [0, 0.1) is 5.92 Å². The molecule has 1 aromatic carbocycles. The van der Waals surface area contributed by atoms with E-state index < -0.39 is 0 Å². The summed E-state index contributed by atoms with van der Waals surface area (Å²) in [7, 11) is 0. The van der Waals surface area contributed by atoms with Crippen LogP contribution in [0.25, 0.3) is 0 Å². The molecule has 2 rings (SSSR count). The predicted octanol–water partition coefficient (Wildman–Crippen LogP) is 2.87. The molecule has 4 heteroatoms. The Morgan fingerprint density at radius 1 is 1.37 bits per heavy atom. The summed E-state index contributed by atoms with van der Waals surface area (Å²) in [5.41, 5.74) is 1.17. The fraction of sp³-hybridized carbons (Fsp3) is 0.600. The Hall–Kier alpha value is -0.770. The van der Waals surface area contributed by atoms with E-state index in [0.29, 0.717) is 5.02 Å². The van der Waals surface area contributed by atoms with E-state index in [1.165, 1.54) is 18.4 Å². The molecule has 1 heterocycles. The fourth-order valence-corrected chi connectivity index (χ4v) is 2.81. The minimum atomic E-state index is 0.162. The van der Waals surface area contributed by atoms with Crippen LogP contribution >= 0.6 is 11.6 Å². The van der Waals surface area contributed by atoms with Crippen molar-refractivity contribution in [3.63, 3.8) is 0 Å². The standard InChI is InChI=1S/C15H23ClN2O/c1-2-17-10-12-5-7-18(8-6-12)11-13-3-4-15(19)14(16)9-13/h3-4,9,12,17,19H,2,5-8,10-11H2,1H3. The van der Waals surface area contributed by atoms with E-state index in [1.807, 2.05) is 12.1 Å². The number of nitrogens with one attached hydrogen (secondary N) is 1. The van der Waals surface area contributed by atoms with Crippen molar-refractivity contribution in [1.82, 2.24) is 10.2 Å². The molecule has 0 aromatic heterocycles. The Morgan fingerprint density at radius 2 is 2.11 bits per heavy atom. The van der Waals surface area contributed by atoms with Crippen LogP contribution in [0.3, 0.4) is 0 Å². The Labute approximate surface area is 120 Å². The average molecular weight is 283 g/mol. The summed E-state index contributed by atoms with van der Waals surface area (Å²) in [6.45, 7) is 7.59. The lowest BCUT2D eigenvalue weighted by Gasteiger charge is -2.32. The number of phenols is 1. The maximum Gasteiger partial charge on any atom is 0.134 e. The van der Waals surface area contributed by atoms with Gasteiger partial charge < -0.3 is 10.4 Å². The van der Waals surface area contributed by atoms with Gasteiger partial charge in [0.25, 0.3) is 0 Å². The lowest BCUT2D eigenvalue weighted by molar-refractivity contribution is 0.176. The number of benzene rings is 1. The van der Waals surface area contributed by atoms with Gasteiger partial charge in [-0.25, -0.2) is 0 Å². The highest BCUT2D eigenvalue weighted by molar-refractivity contribution is 6.32. The topological polar surface area (TPSA) is 35.5 Å². The summed E-state index contributed by atoms with van der Waals surface area (Å²) in [4.78, 5) is 2.46. The molecule has 0 atom stereocenters. The molecule has 0 amide bonds. The lowest BCUT2D eigenvalue weighted by Crippen LogP contribution is -2.36. The molecule has 0 bridgehead atoms. The summed E-state index contributed by atoms with van der Waals surface area (Å²) in [5, 5.41) is 13.3. The van der Waals surface area contributed by atoms with Crippen LogP contribution in [0.4, 0.5) is 0 Å². The molecule has 1 saturated heterocycles. The van der Waals surface area contributed by atoms with Gasteiger partial charge in [0.05, 0.1) is 5.02 Å².